The maximum Gasteiger partial charge on any atom is 0.249 e. The summed E-state index contributed by atoms with van der Waals surface area (Å²) in [6.07, 6.45) is 2.15. The molecule has 0 aliphatic carbocycles. The third kappa shape index (κ3) is 3.26. The van der Waals surface area contributed by atoms with Crippen LogP contribution in [0.5, 0.6) is 0 Å². The van der Waals surface area contributed by atoms with E-state index in [2.05, 4.69) is 16.0 Å². The van der Waals surface area contributed by atoms with E-state index in [0.717, 1.165) is 19.5 Å². The molecule has 0 aromatic rings. The molecule has 2 aliphatic heterocycles. The zero-order chi connectivity index (χ0) is 12.3. The predicted octanol–water partition coefficient (Wildman–Crippen LogP) is -1.09. The van der Waals surface area contributed by atoms with E-state index in [1.807, 2.05) is 0 Å². The second-order valence-electron chi connectivity index (χ2n) is 4.63. The Kier molecular flexibility index (Phi) is 3.73. The Bertz CT molecular complexity index is 337. The first-order valence-electron chi connectivity index (χ1n) is 5.99. The number of imide groups is 1. The van der Waals surface area contributed by atoms with E-state index >= 15 is 0 Å². The SMILES string of the molecule is O=C1CCC(NC(=O)CC2CCNC2)C(=O)N1. The minimum atomic E-state index is -0.547. The van der Waals surface area contributed by atoms with Crippen LogP contribution < -0.4 is 16.0 Å². The highest BCUT2D eigenvalue weighted by atomic mass is 16.2. The Hall–Kier alpha value is -1.43. The summed E-state index contributed by atoms with van der Waals surface area (Å²) in [6, 6.07) is -0.547. The molecule has 6 heteroatoms. The lowest BCUT2D eigenvalue weighted by Gasteiger charge is -2.22. The van der Waals surface area contributed by atoms with Crippen LogP contribution in [0.15, 0.2) is 0 Å². The molecule has 6 nitrogen and oxygen atoms in total. The molecule has 0 radical (unpaired) electrons. The van der Waals surface area contributed by atoms with Crippen molar-refractivity contribution in [2.45, 2.75) is 31.7 Å². The van der Waals surface area contributed by atoms with Crippen molar-refractivity contribution in [1.29, 1.82) is 0 Å². The van der Waals surface area contributed by atoms with Gasteiger partial charge in [0.2, 0.25) is 17.7 Å². The second kappa shape index (κ2) is 5.27. The van der Waals surface area contributed by atoms with Crippen LogP contribution in [0.2, 0.25) is 0 Å². The minimum absolute atomic E-state index is 0.104. The topological polar surface area (TPSA) is 87.3 Å². The zero-order valence-corrected chi connectivity index (χ0v) is 9.62. The number of rotatable bonds is 3. The van der Waals surface area contributed by atoms with Gasteiger partial charge in [-0.3, -0.25) is 19.7 Å². The molecular formula is C11H17N3O3. The average Bonchev–Trinajstić information content (AvgIpc) is 2.75. The molecule has 2 heterocycles. The monoisotopic (exact) mass is 239 g/mol. The summed E-state index contributed by atoms with van der Waals surface area (Å²) in [7, 11) is 0. The molecule has 0 saturated carbocycles. The molecule has 94 valence electrons. The number of carbonyl (C=O) groups is 3. The Balaban J connectivity index is 1.77. The van der Waals surface area contributed by atoms with Gasteiger partial charge in [0.1, 0.15) is 6.04 Å². The second-order valence-corrected chi connectivity index (χ2v) is 4.63. The van der Waals surface area contributed by atoms with E-state index in [1.165, 1.54) is 0 Å². The minimum Gasteiger partial charge on any atom is -0.344 e. The smallest absolute Gasteiger partial charge is 0.249 e. The molecule has 3 N–H and O–H groups in total. The molecule has 2 aliphatic rings. The van der Waals surface area contributed by atoms with E-state index < -0.39 is 6.04 Å². The first kappa shape index (κ1) is 12.0. The summed E-state index contributed by atoms with van der Waals surface area (Å²) >= 11 is 0. The van der Waals surface area contributed by atoms with Crippen molar-refractivity contribution < 1.29 is 14.4 Å². The van der Waals surface area contributed by atoms with Gasteiger partial charge in [-0.1, -0.05) is 0 Å². The van der Waals surface area contributed by atoms with E-state index in [9.17, 15) is 14.4 Å². The van der Waals surface area contributed by atoms with Crippen LogP contribution in [0.1, 0.15) is 25.7 Å². The lowest BCUT2D eigenvalue weighted by atomic mass is 10.0. The standard InChI is InChI=1S/C11H17N3O3/c15-9-2-1-8(11(17)14-9)13-10(16)5-7-3-4-12-6-7/h7-8,12H,1-6H2,(H,13,16)(H,14,15,17). The van der Waals surface area contributed by atoms with Crippen molar-refractivity contribution in [3.8, 4) is 0 Å². The largest absolute Gasteiger partial charge is 0.344 e. The molecule has 3 amide bonds. The van der Waals surface area contributed by atoms with Crippen LogP contribution in [0.3, 0.4) is 0 Å². The molecule has 0 spiro atoms. The van der Waals surface area contributed by atoms with Gasteiger partial charge in [-0.05, 0) is 31.8 Å². The fourth-order valence-corrected chi connectivity index (χ4v) is 2.24. The van der Waals surface area contributed by atoms with Gasteiger partial charge in [0.25, 0.3) is 0 Å². The zero-order valence-electron chi connectivity index (χ0n) is 9.62. The molecule has 2 atom stereocenters. The first-order chi connectivity index (χ1) is 8.15. The summed E-state index contributed by atoms with van der Waals surface area (Å²) in [5.74, 6) is -0.392. The molecule has 2 fully saturated rings. The van der Waals surface area contributed by atoms with Gasteiger partial charge < -0.3 is 10.6 Å². The summed E-state index contributed by atoms with van der Waals surface area (Å²) in [5.41, 5.74) is 0. The van der Waals surface area contributed by atoms with E-state index in [1.54, 1.807) is 0 Å². The highest BCUT2D eigenvalue weighted by Gasteiger charge is 2.28. The van der Waals surface area contributed by atoms with Crippen molar-refractivity contribution in [1.82, 2.24) is 16.0 Å². The maximum atomic E-state index is 11.7. The molecule has 0 bridgehead atoms. The van der Waals surface area contributed by atoms with Crippen LogP contribution in [-0.2, 0) is 14.4 Å². The molecular weight excluding hydrogens is 222 g/mol. The number of hydrogen-bond acceptors (Lipinski definition) is 4. The van der Waals surface area contributed by atoms with Gasteiger partial charge in [-0.2, -0.15) is 0 Å². The Labute approximate surface area is 99.5 Å². The van der Waals surface area contributed by atoms with Gasteiger partial charge in [-0.15, -0.1) is 0 Å². The summed E-state index contributed by atoms with van der Waals surface area (Å²) in [5, 5.41) is 8.10. The molecule has 0 aromatic heterocycles. The number of carbonyl (C=O) groups excluding carboxylic acids is 3. The van der Waals surface area contributed by atoms with Crippen LogP contribution in [0, 0.1) is 5.92 Å². The van der Waals surface area contributed by atoms with Crippen molar-refractivity contribution in [3.63, 3.8) is 0 Å². The lowest BCUT2D eigenvalue weighted by molar-refractivity contribution is -0.137. The van der Waals surface area contributed by atoms with Crippen molar-refractivity contribution in [2.75, 3.05) is 13.1 Å². The van der Waals surface area contributed by atoms with Crippen molar-refractivity contribution in [3.05, 3.63) is 0 Å². The number of amides is 3. The summed E-state index contributed by atoms with van der Waals surface area (Å²) in [6.45, 7) is 1.82. The highest BCUT2D eigenvalue weighted by Crippen LogP contribution is 2.12. The van der Waals surface area contributed by atoms with Gasteiger partial charge in [0.05, 0.1) is 0 Å². The molecule has 2 rings (SSSR count). The Morgan fingerprint density at radius 3 is 2.82 bits per heavy atom. The van der Waals surface area contributed by atoms with Crippen LogP contribution in [0.4, 0.5) is 0 Å². The van der Waals surface area contributed by atoms with E-state index in [4.69, 9.17) is 0 Å². The summed E-state index contributed by atoms with van der Waals surface area (Å²) in [4.78, 5) is 34.0. The lowest BCUT2D eigenvalue weighted by Crippen LogP contribution is -2.52. The normalized spacial score (nSPS) is 28.9. The number of hydrogen-bond donors (Lipinski definition) is 3. The first-order valence-corrected chi connectivity index (χ1v) is 5.99. The summed E-state index contributed by atoms with van der Waals surface area (Å²) < 4.78 is 0. The van der Waals surface area contributed by atoms with Gasteiger partial charge in [-0.25, -0.2) is 0 Å². The van der Waals surface area contributed by atoms with Crippen LogP contribution in [-0.4, -0.2) is 36.9 Å². The van der Waals surface area contributed by atoms with Crippen molar-refractivity contribution >= 4 is 17.7 Å². The van der Waals surface area contributed by atoms with Crippen LogP contribution >= 0.6 is 0 Å². The Morgan fingerprint density at radius 2 is 2.18 bits per heavy atom. The fraction of sp³-hybridized carbons (Fsp3) is 0.727. The molecule has 2 saturated heterocycles. The number of nitrogens with one attached hydrogen (secondary N) is 3. The predicted molar refractivity (Wildman–Crippen MR) is 59.9 cm³/mol. The third-order valence-corrected chi connectivity index (χ3v) is 3.21. The van der Waals surface area contributed by atoms with Gasteiger partial charge in [0.15, 0.2) is 0 Å². The molecule has 2 unspecified atom stereocenters. The Morgan fingerprint density at radius 1 is 1.35 bits per heavy atom. The quantitative estimate of drug-likeness (QED) is 0.546. The number of piperidine rings is 1. The van der Waals surface area contributed by atoms with E-state index in [-0.39, 0.29) is 17.7 Å². The maximum absolute atomic E-state index is 11.7. The van der Waals surface area contributed by atoms with Gasteiger partial charge in [0, 0.05) is 12.8 Å². The highest BCUT2D eigenvalue weighted by molar-refractivity contribution is 6.01. The molecule has 17 heavy (non-hydrogen) atoms. The average molecular weight is 239 g/mol. The molecule has 0 aromatic carbocycles. The fourth-order valence-electron chi connectivity index (χ4n) is 2.24. The van der Waals surface area contributed by atoms with Crippen LogP contribution in [0.25, 0.3) is 0 Å². The van der Waals surface area contributed by atoms with Crippen molar-refractivity contribution in [2.24, 2.45) is 5.92 Å². The van der Waals surface area contributed by atoms with E-state index in [0.29, 0.717) is 25.2 Å². The third-order valence-electron chi connectivity index (χ3n) is 3.21. The van der Waals surface area contributed by atoms with Gasteiger partial charge >= 0.3 is 0 Å².